The lowest BCUT2D eigenvalue weighted by Crippen LogP contribution is -2.04. The molecule has 190 valence electrons. The highest BCUT2D eigenvalue weighted by Gasteiger charge is 2.25. The summed E-state index contributed by atoms with van der Waals surface area (Å²) in [7, 11) is 0. The van der Waals surface area contributed by atoms with Crippen molar-refractivity contribution in [3.05, 3.63) is 140 Å². The third kappa shape index (κ3) is 3.20. The van der Waals surface area contributed by atoms with Gasteiger partial charge in [0.2, 0.25) is 5.95 Å². The molecule has 0 radical (unpaired) electrons. The number of rotatable bonds is 3. The SMILES string of the molecule is c1ccc(-c2cc(-c3ccccc3)nc(-n3c4cccc5c4c4c6c(cccc6ccc43)-c3ccccc3-5)n2)cc1. The number of nitrogens with zero attached hydrogens (tertiary/aromatic N) is 3. The lowest BCUT2D eigenvalue weighted by molar-refractivity contribution is 0.996. The van der Waals surface area contributed by atoms with Crippen LogP contribution in [0, 0.1) is 0 Å². The predicted octanol–water partition coefficient (Wildman–Crippen LogP) is 9.71. The standard InChI is InChI=1S/C38H23N3/c1-3-11-24(12-4-1)31-23-32(25-13-5-2-6-14-25)40-38(39-31)41-33-20-10-19-30-28-17-8-7-16-27(28)29-18-9-15-26-21-22-34(41)37(35(26)29)36(30)33/h1-23H. The van der Waals surface area contributed by atoms with Gasteiger partial charge in [0.1, 0.15) is 0 Å². The monoisotopic (exact) mass is 521 g/mol. The molecule has 2 aromatic heterocycles. The summed E-state index contributed by atoms with van der Waals surface area (Å²) in [5, 5.41) is 5.04. The summed E-state index contributed by atoms with van der Waals surface area (Å²) in [6, 6.07) is 49.4. The van der Waals surface area contributed by atoms with E-state index >= 15 is 0 Å². The highest BCUT2D eigenvalue weighted by Crippen LogP contribution is 2.49. The minimum atomic E-state index is 0.674. The maximum Gasteiger partial charge on any atom is 0.235 e. The smallest absolute Gasteiger partial charge is 0.235 e. The Hall–Kier alpha value is -5.54. The van der Waals surface area contributed by atoms with Crippen LogP contribution in [0.3, 0.4) is 0 Å². The van der Waals surface area contributed by atoms with Gasteiger partial charge in [-0.1, -0.05) is 121 Å². The molecule has 0 aliphatic heterocycles. The Balaban J connectivity index is 1.45. The van der Waals surface area contributed by atoms with Gasteiger partial charge in [-0.25, -0.2) is 9.97 Å². The molecule has 0 unspecified atom stereocenters. The minimum Gasteiger partial charge on any atom is -0.278 e. The first-order chi connectivity index (χ1) is 20.3. The van der Waals surface area contributed by atoms with Crippen LogP contribution >= 0.6 is 0 Å². The van der Waals surface area contributed by atoms with Crippen molar-refractivity contribution in [2.75, 3.05) is 0 Å². The van der Waals surface area contributed by atoms with Crippen LogP contribution in [0.4, 0.5) is 0 Å². The van der Waals surface area contributed by atoms with E-state index in [-0.39, 0.29) is 0 Å². The van der Waals surface area contributed by atoms with Crippen LogP contribution in [0.1, 0.15) is 0 Å². The molecule has 9 rings (SSSR count). The van der Waals surface area contributed by atoms with Gasteiger partial charge in [-0.15, -0.1) is 0 Å². The van der Waals surface area contributed by atoms with E-state index in [4.69, 9.17) is 9.97 Å². The third-order valence-corrected chi connectivity index (χ3v) is 8.36. The van der Waals surface area contributed by atoms with E-state index in [1.165, 1.54) is 43.8 Å². The van der Waals surface area contributed by atoms with Crippen LogP contribution in [-0.2, 0) is 0 Å². The van der Waals surface area contributed by atoms with Crippen molar-refractivity contribution >= 4 is 32.6 Å². The molecule has 0 spiro atoms. The van der Waals surface area contributed by atoms with Crippen molar-refractivity contribution in [3.63, 3.8) is 0 Å². The molecular weight excluding hydrogens is 498 g/mol. The molecule has 1 aliphatic rings. The first-order valence-electron chi connectivity index (χ1n) is 13.9. The molecule has 0 fully saturated rings. The number of fused-ring (bicyclic) bond motifs is 3. The fraction of sp³-hybridized carbons (Fsp3) is 0. The maximum atomic E-state index is 5.22. The van der Waals surface area contributed by atoms with Gasteiger partial charge in [0, 0.05) is 21.9 Å². The number of aromatic nitrogens is 3. The Kier molecular flexibility index (Phi) is 4.61. The Morgan fingerprint density at radius 2 is 0.927 bits per heavy atom. The van der Waals surface area contributed by atoms with E-state index in [9.17, 15) is 0 Å². The van der Waals surface area contributed by atoms with Crippen LogP contribution in [0.15, 0.2) is 140 Å². The van der Waals surface area contributed by atoms with Gasteiger partial charge in [-0.3, -0.25) is 4.57 Å². The summed E-state index contributed by atoms with van der Waals surface area (Å²) < 4.78 is 2.26. The lowest BCUT2D eigenvalue weighted by atomic mass is 9.93. The molecule has 3 nitrogen and oxygen atoms in total. The number of hydrogen-bond acceptors (Lipinski definition) is 2. The van der Waals surface area contributed by atoms with Crippen molar-refractivity contribution in [3.8, 4) is 50.7 Å². The van der Waals surface area contributed by atoms with E-state index in [1.807, 2.05) is 12.1 Å². The second kappa shape index (κ2) is 8.48. The summed E-state index contributed by atoms with van der Waals surface area (Å²) in [4.78, 5) is 10.4. The van der Waals surface area contributed by atoms with Crippen molar-refractivity contribution in [1.29, 1.82) is 0 Å². The number of hydrogen-bond donors (Lipinski definition) is 0. The van der Waals surface area contributed by atoms with Gasteiger partial charge in [-0.05, 0) is 51.2 Å². The first-order valence-corrected chi connectivity index (χ1v) is 13.9. The van der Waals surface area contributed by atoms with Crippen LogP contribution in [0.2, 0.25) is 0 Å². The Morgan fingerprint density at radius 3 is 1.59 bits per heavy atom. The second-order valence-corrected chi connectivity index (χ2v) is 10.6. The van der Waals surface area contributed by atoms with Crippen LogP contribution < -0.4 is 0 Å². The molecule has 0 amide bonds. The summed E-state index contributed by atoms with van der Waals surface area (Å²) in [5.41, 5.74) is 11.2. The molecule has 6 aromatic carbocycles. The lowest BCUT2D eigenvalue weighted by Gasteiger charge is -2.14. The first kappa shape index (κ1) is 22.3. The zero-order valence-electron chi connectivity index (χ0n) is 22.1. The van der Waals surface area contributed by atoms with Gasteiger partial charge >= 0.3 is 0 Å². The average molecular weight is 522 g/mol. The van der Waals surface area contributed by atoms with E-state index in [2.05, 4.69) is 132 Å². The third-order valence-electron chi connectivity index (χ3n) is 8.36. The topological polar surface area (TPSA) is 30.7 Å². The van der Waals surface area contributed by atoms with Gasteiger partial charge in [0.25, 0.3) is 0 Å². The van der Waals surface area contributed by atoms with Crippen molar-refractivity contribution in [2.45, 2.75) is 0 Å². The van der Waals surface area contributed by atoms with Gasteiger partial charge in [0.05, 0.1) is 22.4 Å². The van der Waals surface area contributed by atoms with Gasteiger partial charge in [0.15, 0.2) is 0 Å². The summed E-state index contributed by atoms with van der Waals surface area (Å²) in [6.07, 6.45) is 0. The van der Waals surface area contributed by atoms with Gasteiger partial charge in [-0.2, -0.15) is 0 Å². The molecule has 41 heavy (non-hydrogen) atoms. The van der Waals surface area contributed by atoms with Gasteiger partial charge < -0.3 is 0 Å². The second-order valence-electron chi connectivity index (χ2n) is 10.6. The molecule has 0 atom stereocenters. The molecule has 0 saturated heterocycles. The predicted molar refractivity (Wildman–Crippen MR) is 169 cm³/mol. The molecule has 0 saturated carbocycles. The number of benzene rings is 6. The van der Waals surface area contributed by atoms with Crippen molar-refractivity contribution < 1.29 is 0 Å². The van der Waals surface area contributed by atoms with E-state index < -0.39 is 0 Å². The zero-order chi connectivity index (χ0) is 26.9. The fourth-order valence-electron chi connectivity index (χ4n) is 6.59. The van der Waals surface area contributed by atoms with Crippen molar-refractivity contribution in [1.82, 2.24) is 14.5 Å². The summed E-state index contributed by atoms with van der Waals surface area (Å²) in [5.74, 6) is 0.674. The largest absolute Gasteiger partial charge is 0.278 e. The molecular formula is C38H23N3. The molecule has 8 aromatic rings. The normalized spacial score (nSPS) is 11.9. The van der Waals surface area contributed by atoms with E-state index in [1.54, 1.807) is 0 Å². The molecule has 0 N–H and O–H groups in total. The Labute approximate surface area is 237 Å². The fourth-order valence-corrected chi connectivity index (χ4v) is 6.59. The molecule has 1 aliphatic carbocycles. The summed E-state index contributed by atoms with van der Waals surface area (Å²) in [6.45, 7) is 0. The Bertz CT molecular complexity index is 2240. The maximum absolute atomic E-state index is 5.22. The van der Waals surface area contributed by atoms with Crippen LogP contribution in [-0.4, -0.2) is 14.5 Å². The highest BCUT2D eigenvalue weighted by atomic mass is 15.2. The molecule has 0 bridgehead atoms. The van der Waals surface area contributed by atoms with Crippen LogP contribution in [0.5, 0.6) is 0 Å². The average Bonchev–Trinajstić information content (AvgIpc) is 3.33. The van der Waals surface area contributed by atoms with Crippen molar-refractivity contribution in [2.24, 2.45) is 0 Å². The molecule has 3 heteroatoms. The quantitative estimate of drug-likeness (QED) is 0.232. The summed E-state index contributed by atoms with van der Waals surface area (Å²) >= 11 is 0. The molecule has 2 heterocycles. The highest BCUT2D eigenvalue weighted by molar-refractivity contribution is 6.30. The van der Waals surface area contributed by atoms with Crippen LogP contribution in [0.25, 0.3) is 83.3 Å². The minimum absolute atomic E-state index is 0.674. The Morgan fingerprint density at radius 1 is 0.390 bits per heavy atom. The zero-order valence-corrected chi connectivity index (χ0v) is 22.1. The van der Waals surface area contributed by atoms with E-state index in [0.717, 1.165) is 33.5 Å². The van der Waals surface area contributed by atoms with E-state index in [0.29, 0.717) is 5.95 Å².